The van der Waals surface area contributed by atoms with Gasteiger partial charge in [-0.1, -0.05) is 11.6 Å². The Morgan fingerprint density at radius 1 is 1.28 bits per heavy atom. The summed E-state index contributed by atoms with van der Waals surface area (Å²) in [7, 11) is 2.55. The van der Waals surface area contributed by atoms with Crippen molar-refractivity contribution in [1.82, 2.24) is 24.6 Å². The molecule has 5 rings (SSSR count). The average molecular weight is 634 g/mol. The highest BCUT2D eigenvalue weighted by Gasteiger charge is 2.40. The fourth-order valence-electron chi connectivity index (χ4n) is 5.21. The Morgan fingerprint density at radius 2 is 2.02 bits per heavy atom. The maximum atomic E-state index is 15.0. The van der Waals surface area contributed by atoms with Crippen molar-refractivity contribution in [3.8, 4) is 6.01 Å². The molecule has 1 atom stereocenters. The fraction of sp³-hybridized carbons (Fsp3) is 0.462. The van der Waals surface area contributed by atoms with Crippen molar-refractivity contribution in [1.29, 1.82) is 0 Å². The van der Waals surface area contributed by atoms with Crippen LogP contribution < -0.4 is 15.4 Å². The van der Waals surface area contributed by atoms with Crippen LogP contribution in [0.15, 0.2) is 12.1 Å². The van der Waals surface area contributed by atoms with Crippen LogP contribution >= 0.6 is 11.6 Å². The Bertz CT molecular complexity index is 1550. The van der Waals surface area contributed by atoms with Gasteiger partial charge in [0.05, 0.1) is 60.6 Å². The van der Waals surface area contributed by atoms with Crippen LogP contribution in [0.3, 0.4) is 0 Å². The molecular formula is C26H26ClF6N7O3. The van der Waals surface area contributed by atoms with Crippen molar-refractivity contribution < 1.29 is 40.6 Å². The molecule has 2 aromatic heterocycles. The van der Waals surface area contributed by atoms with Gasteiger partial charge in [0.25, 0.3) is 12.3 Å². The van der Waals surface area contributed by atoms with E-state index in [2.05, 4.69) is 15.1 Å². The van der Waals surface area contributed by atoms with Gasteiger partial charge in [0.1, 0.15) is 5.82 Å². The summed E-state index contributed by atoms with van der Waals surface area (Å²) in [4.78, 5) is 24.2. The minimum atomic E-state index is -4.86. The van der Waals surface area contributed by atoms with Crippen molar-refractivity contribution in [2.75, 3.05) is 37.9 Å². The number of nitrogen functional groups attached to an aromatic ring is 1. The number of hydrogen-bond acceptors (Lipinski definition) is 8. The van der Waals surface area contributed by atoms with Crippen molar-refractivity contribution in [2.45, 2.75) is 51.2 Å². The van der Waals surface area contributed by atoms with Crippen molar-refractivity contribution in [3.63, 3.8) is 0 Å². The first-order valence-corrected chi connectivity index (χ1v) is 13.4. The minimum Gasteiger partial charge on any atom is -0.467 e. The summed E-state index contributed by atoms with van der Waals surface area (Å²) in [6, 6.07) is 1.49. The van der Waals surface area contributed by atoms with Gasteiger partial charge in [-0.25, -0.2) is 13.2 Å². The molecule has 0 fully saturated rings. The number of ether oxygens (including phenoxy) is 2. The largest absolute Gasteiger partial charge is 0.467 e. The molecule has 0 saturated carbocycles. The number of carbonyl (C=O) groups is 1. The lowest BCUT2D eigenvalue weighted by Gasteiger charge is -2.31. The molecule has 3 aromatic rings. The van der Waals surface area contributed by atoms with Gasteiger partial charge in [0, 0.05) is 37.7 Å². The van der Waals surface area contributed by atoms with E-state index in [4.69, 9.17) is 26.8 Å². The quantitative estimate of drug-likeness (QED) is 0.309. The second-order valence-electron chi connectivity index (χ2n) is 10.1. The first-order valence-electron chi connectivity index (χ1n) is 13.0. The molecule has 0 radical (unpaired) electrons. The topological polar surface area (TPSA) is 112 Å². The molecule has 0 spiro atoms. The number of fused-ring (bicyclic) bond motifs is 2. The third-order valence-corrected chi connectivity index (χ3v) is 7.67. The number of nitrogens with zero attached hydrogens (tertiary/aromatic N) is 6. The number of halogens is 7. The van der Waals surface area contributed by atoms with Crippen LogP contribution in [0.4, 0.5) is 37.8 Å². The van der Waals surface area contributed by atoms with Crippen LogP contribution in [-0.4, -0.2) is 64.2 Å². The summed E-state index contributed by atoms with van der Waals surface area (Å²) in [6.07, 6.45) is -8.66. The third kappa shape index (κ3) is 5.89. The molecule has 2 aliphatic heterocycles. The molecule has 1 amide bonds. The number of rotatable bonds is 6. The van der Waals surface area contributed by atoms with Gasteiger partial charge < -0.3 is 25.0 Å². The molecule has 43 heavy (non-hydrogen) atoms. The van der Waals surface area contributed by atoms with Crippen LogP contribution in [0.5, 0.6) is 6.01 Å². The van der Waals surface area contributed by atoms with E-state index in [1.54, 1.807) is 4.90 Å². The molecule has 0 aliphatic carbocycles. The highest BCUT2D eigenvalue weighted by molar-refractivity contribution is 6.34. The molecule has 2 aliphatic rings. The number of nitrogens with two attached hydrogens (primary N) is 1. The third-order valence-electron chi connectivity index (χ3n) is 7.27. The summed E-state index contributed by atoms with van der Waals surface area (Å²) in [5, 5.41) is 4.28. The normalized spacial score (nSPS) is 17.0. The van der Waals surface area contributed by atoms with E-state index < -0.39 is 53.8 Å². The molecule has 1 aromatic carbocycles. The van der Waals surface area contributed by atoms with Crippen LogP contribution in [0.2, 0.25) is 5.02 Å². The first kappa shape index (κ1) is 30.7. The summed E-state index contributed by atoms with van der Waals surface area (Å²) in [5.74, 6) is -1.63. The molecule has 10 nitrogen and oxygen atoms in total. The second-order valence-corrected chi connectivity index (χ2v) is 10.5. The van der Waals surface area contributed by atoms with Crippen LogP contribution in [0, 0.1) is 5.82 Å². The number of amides is 1. The highest BCUT2D eigenvalue weighted by atomic mass is 35.5. The van der Waals surface area contributed by atoms with Gasteiger partial charge in [-0.05, 0) is 18.6 Å². The zero-order valence-electron chi connectivity index (χ0n) is 22.9. The number of aryl methyl sites for hydroxylation is 1. The van der Waals surface area contributed by atoms with E-state index >= 15 is 4.39 Å². The fourth-order valence-corrected chi connectivity index (χ4v) is 5.49. The van der Waals surface area contributed by atoms with Gasteiger partial charge in [-0.3, -0.25) is 9.48 Å². The van der Waals surface area contributed by atoms with Gasteiger partial charge in [-0.15, -0.1) is 0 Å². The molecular weight excluding hydrogens is 608 g/mol. The standard InChI is InChI=1S/C26H26ClF6N7O3/c1-38(10-18(28)29)24(41)22-20(27)16-9-39(6-3-7-40(16)37-22)23-12-11-43-17(8-15(12)35-25(36-23)42-2)19-13(26(31,32)33)4-5-14(34)21(19)30/h4-5,17-18H,3,6-11,34H2,1-2H3. The number of methoxy groups -OCH3 is 1. The van der Waals surface area contributed by atoms with Crippen LogP contribution in [-0.2, 0) is 37.0 Å². The summed E-state index contributed by atoms with van der Waals surface area (Å²) >= 11 is 6.55. The zero-order chi connectivity index (χ0) is 31.2. The second kappa shape index (κ2) is 11.7. The molecule has 0 bridgehead atoms. The van der Waals surface area contributed by atoms with E-state index in [0.29, 0.717) is 48.3 Å². The van der Waals surface area contributed by atoms with Crippen molar-refractivity contribution in [2.24, 2.45) is 0 Å². The van der Waals surface area contributed by atoms with E-state index in [0.717, 1.165) is 11.0 Å². The molecule has 4 heterocycles. The lowest BCUT2D eigenvalue weighted by molar-refractivity contribution is -0.140. The Morgan fingerprint density at radius 3 is 2.70 bits per heavy atom. The lowest BCUT2D eigenvalue weighted by atomic mass is 9.94. The van der Waals surface area contributed by atoms with E-state index in [-0.39, 0.29) is 36.3 Å². The zero-order valence-corrected chi connectivity index (χ0v) is 23.6. The SMILES string of the molecule is COc1nc2c(c(N3CCCn4nc(C(=O)N(C)CC(F)F)c(Cl)c4C3)n1)COC(c1c(C(F)(F)F)ccc(N)c1F)C2. The number of benzene rings is 1. The van der Waals surface area contributed by atoms with Gasteiger partial charge >= 0.3 is 12.2 Å². The van der Waals surface area contributed by atoms with Crippen molar-refractivity contribution in [3.05, 3.63) is 56.7 Å². The number of aromatic nitrogens is 4. The van der Waals surface area contributed by atoms with E-state index in [1.807, 2.05) is 0 Å². The summed E-state index contributed by atoms with van der Waals surface area (Å²) < 4.78 is 94.7. The molecule has 1 unspecified atom stereocenters. The van der Waals surface area contributed by atoms with Crippen LogP contribution in [0.1, 0.15) is 51.1 Å². The van der Waals surface area contributed by atoms with E-state index in [1.165, 1.54) is 18.8 Å². The number of hydrogen-bond donors (Lipinski definition) is 1. The Labute approximate surface area is 246 Å². The number of anilines is 2. The molecule has 232 valence electrons. The van der Waals surface area contributed by atoms with Gasteiger partial charge in [0.15, 0.2) is 11.5 Å². The van der Waals surface area contributed by atoms with Crippen LogP contribution in [0.25, 0.3) is 0 Å². The lowest BCUT2D eigenvalue weighted by Crippen LogP contribution is -2.32. The highest BCUT2D eigenvalue weighted by Crippen LogP contribution is 2.43. The van der Waals surface area contributed by atoms with E-state index in [9.17, 15) is 26.7 Å². The smallest absolute Gasteiger partial charge is 0.416 e. The number of alkyl halides is 5. The predicted octanol–water partition coefficient (Wildman–Crippen LogP) is 4.64. The molecule has 0 saturated heterocycles. The Kier molecular flexibility index (Phi) is 8.35. The molecule has 17 heteroatoms. The Hall–Kier alpha value is -3.79. The monoisotopic (exact) mass is 633 g/mol. The average Bonchev–Trinajstić information content (AvgIpc) is 3.11. The maximum Gasteiger partial charge on any atom is 0.416 e. The minimum absolute atomic E-state index is 0.000964. The first-order chi connectivity index (χ1) is 20.3. The Balaban J connectivity index is 1.49. The number of carbonyl (C=O) groups excluding carboxylic acids is 1. The summed E-state index contributed by atoms with van der Waals surface area (Å²) in [6.45, 7) is -0.171. The maximum absolute atomic E-state index is 15.0. The van der Waals surface area contributed by atoms with Gasteiger partial charge in [0.2, 0.25) is 0 Å². The van der Waals surface area contributed by atoms with Gasteiger partial charge in [-0.2, -0.15) is 28.2 Å². The van der Waals surface area contributed by atoms with Crippen molar-refractivity contribution >= 4 is 29.0 Å². The summed E-state index contributed by atoms with van der Waals surface area (Å²) in [5.41, 5.74) is 4.25. The predicted molar refractivity (Wildman–Crippen MR) is 142 cm³/mol. The molecule has 2 N–H and O–H groups in total.